The molecule has 1 saturated carbocycles. The van der Waals surface area contributed by atoms with Gasteiger partial charge in [-0.15, -0.1) is 22.4 Å². The van der Waals surface area contributed by atoms with E-state index in [-0.39, 0.29) is 34.8 Å². The number of halogens is 4. The first-order valence-corrected chi connectivity index (χ1v) is 19.1. The molecule has 7 N–H and O–H groups in total. The summed E-state index contributed by atoms with van der Waals surface area (Å²) in [6.45, 7) is 1.87. The molecule has 16 heteroatoms. The molecule has 5 rings (SSSR count). The van der Waals surface area contributed by atoms with Gasteiger partial charge in [-0.3, -0.25) is 14.4 Å². The number of hydrogen-bond acceptors (Lipinski definition) is 6. The second-order valence-electron chi connectivity index (χ2n) is 13.6. The Morgan fingerprint density at radius 1 is 0.942 bits per heavy atom. The van der Waals surface area contributed by atoms with Crippen molar-refractivity contribution in [2.45, 2.75) is 88.4 Å². The fourth-order valence-electron chi connectivity index (χ4n) is 7.14. The molecule has 1 radical (unpaired) electrons. The molecule has 2 heterocycles. The van der Waals surface area contributed by atoms with Crippen molar-refractivity contribution in [2.24, 2.45) is 5.92 Å². The number of carbonyl (C=O) groups excluding carboxylic acids is 3. The van der Waals surface area contributed by atoms with Gasteiger partial charge in [0.1, 0.15) is 12.1 Å². The van der Waals surface area contributed by atoms with Gasteiger partial charge < -0.3 is 36.8 Å². The minimum absolute atomic E-state index is 0.0875. The Labute approximate surface area is 314 Å². The molecule has 4 amide bonds. The summed E-state index contributed by atoms with van der Waals surface area (Å²) in [5.41, 5.74) is 0.389. The average Bonchev–Trinajstić information content (AvgIpc) is 3.53. The zero-order chi connectivity index (χ0) is 37.1. The number of aromatic amines is 1. The molecule has 3 atom stereocenters. The van der Waals surface area contributed by atoms with Gasteiger partial charge in [0.2, 0.25) is 17.4 Å². The topological polar surface area (TPSA) is 156 Å². The summed E-state index contributed by atoms with van der Waals surface area (Å²) in [5.74, 6) is -0.542. The normalized spacial score (nSPS) is 17.0. The number of pyridine rings is 1. The van der Waals surface area contributed by atoms with Crippen LogP contribution in [0.2, 0.25) is 0 Å². The highest BCUT2D eigenvalue weighted by atomic mass is 127. The highest BCUT2D eigenvalue weighted by Gasteiger charge is 2.34. The minimum Gasteiger partial charge on any atom is -0.384 e. The molecular formula is C36H45BF3IN7O4. The maximum absolute atomic E-state index is 13.9. The molecule has 0 spiro atoms. The summed E-state index contributed by atoms with van der Waals surface area (Å²) in [7, 11) is 0. The van der Waals surface area contributed by atoms with Crippen molar-refractivity contribution in [3.63, 3.8) is 0 Å². The molecule has 3 aromatic rings. The van der Waals surface area contributed by atoms with Gasteiger partial charge in [-0.25, -0.2) is 4.79 Å². The summed E-state index contributed by atoms with van der Waals surface area (Å²) in [4.78, 5) is 55.2. The number of nitrogens with one attached hydrogen (secondary N) is 7. The van der Waals surface area contributed by atoms with Crippen LogP contribution in [0.1, 0.15) is 81.3 Å². The molecule has 1 aliphatic carbocycles. The third kappa shape index (κ3) is 11.1. The SMILES string of the molecule is O=C(NCCC1CNc2ccccc21)N[C@@H](CC1CCCCC1)C(=O)N[C@@H](CCCCN[B]I)C(=O)Nc1ccc2c(C(F)(F)F)cc(=O)[nH]c2c1. The maximum atomic E-state index is 13.9. The zero-order valence-electron chi connectivity index (χ0n) is 28.8. The third-order valence-electron chi connectivity index (χ3n) is 9.82. The smallest absolute Gasteiger partial charge is 0.384 e. The summed E-state index contributed by atoms with van der Waals surface area (Å²) in [5, 5.41) is 19.4. The molecular weight excluding hydrogens is 789 g/mol. The van der Waals surface area contributed by atoms with Crippen LogP contribution >= 0.6 is 22.4 Å². The fraction of sp³-hybridized carbons (Fsp3) is 0.500. The number of unbranched alkanes of at least 4 members (excludes halogenated alkanes) is 1. The Bertz CT molecular complexity index is 1750. The molecule has 1 aliphatic heterocycles. The lowest BCUT2D eigenvalue weighted by atomic mass is 9.84. The van der Waals surface area contributed by atoms with Crippen molar-refractivity contribution in [3.05, 3.63) is 70.0 Å². The number of fused-ring (bicyclic) bond motifs is 2. The molecule has 52 heavy (non-hydrogen) atoms. The molecule has 279 valence electrons. The van der Waals surface area contributed by atoms with E-state index >= 15 is 0 Å². The van der Waals surface area contributed by atoms with Gasteiger partial charge in [0.05, 0.1) is 11.1 Å². The molecule has 1 fully saturated rings. The summed E-state index contributed by atoms with van der Waals surface area (Å²) in [6.07, 6.45) is 3.13. The van der Waals surface area contributed by atoms with Gasteiger partial charge in [0.25, 0.3) is 5.27 Å². The van der Waals surface area contributed by atoms with Gasteiger partial charge in [-0.2, -0.15) is 13.2 Å². The predicted molar refractivity (Wildman–Crippen MR) is 206 cm³/mol. The number of H-pyrrole nitrogens is 1. The lowest BCUT2D eigenvalue weighted by Gasteiger charge is -2.28. The van der Waals surface area contributed by atoms with Crippen molar-refractivity contribution < 1.29 is 27.6 Å². The van der Waals surface area contributed by atoms with E-state index in [0.29, 0.717) is 38.4 Å². The van der Waals surface area contributed by atoms with E-state index in [2.05, 4.69) is 65.2 Å². The standard InChI is InChI=1S/C36H45BF3IN7O4/c38-36(39,40)27-20-32(49)46-30-19-24(13-14-26(27)30)45-33(50)29(12-6-7-16-44-37-41)47-34(51)31(18-22-8-2-1-3-9-22)48-35(52)42-17-15-23-21-43-28-11-5-4-10-25(23)28/h4-5,10-11,13-14,19-20,22-23,29,31,43-44H,1-3,6-9,12,15-18,21H2,(H,45,50)(H,46,49)(H,47,51)(H2,42,48,52)/t23?,29-,31-/m0/s1. The van der Waals surface area contributed by atoms with E-state index in [9.17, 15) is 32.3 Å². The molecule has 0 saturated heterocycles. The number of benzene rings is 2. The minimum atomic E-state index is -4.74. The molecule has 0 bridgehead atoms. The van der Waals surface area contributed by atoms with Gasteiger partial charge in [0, 0.05) is 41.8 Å². The van der Waals surface area contributed by atoms with E-state index in [4.69, 9.17) is 0 Å². The molecule has 2 aliphatic rings. The van der Waals surface area contributed by atoms with Crippen LogP contribution in [0.5, 0.6) is 0 Å². The average molecular weight is 835 g/mol. The van der Waals surface area contributed by atoms with Crippen molar-refractivity contribution in [2.75, 3.05) is 30.3 Å². The van der Waals surface area contributed by atoms with E-state index in [1.165, 1.54) is 23.8 Å². The van der Waals surface area contributed by atoms with Crippen LogP contribution in [-0.2, 0) is 15.8 Å². The zero-order valence-corrected chi connectivity index (χ0v) is 31.0. The number of hydrogen-bond donors (Lipinski definition) is 7. The van der Waals surface area contributed by atoms with Crippen molar-refractivity contribution in [3.8, 4) is 0 Å². The molecule has 1 aromatic heterocycles. The van der Waals surface area contributed by atoms with Crippen LogP contribution in [0.25, 0.3) is 10.9 Å². The summed E-state index contributed by atoms with van der Waals surface area (Å²) < 4.78 is 40.8. The molecule has 2 aromatic carbocycles. The Balaban J connectivity index is 1.26. The monoisotopic (exact) mass is 834 g/mol. The van der Waals surface area contributed by atoms with Gasteiger partial charge >= 0.3 is 12.2 Å². The highest BCUT2D eigenvalue weighted by Crippen LogP contribution is 2.35. The van der Waals surface area contributed by atoms with Crippen molar-refractivity contribution in [1.82, 2.24) is 26.2 Å². The molecule has 11 nitrogen and oxygen atoms in total. The highest BCUT2D eigenvalue weighted by molar-refractivity contribution is 14.1. The lowest BCUT2D eigenvalue weighted by molar-refractivity contribution is -0.136. The maximum Gasteiger partial charge on any atom is 0.417 e. The number of aromatic nitrogens is 1. The summed E-state index contributed by atoms with van der Waals surface area (Å²) in [6, 6.07) is 10.0. The van der Waals surface area contributed by atoms with Crippen LogP contribution in [0.4, 0.5) is 29.3 Å². The van der Waals surface area contributed by atoms with Crippen LogP contribution in [-0.4, -0.2) is 59.8 Å². The number of amides is 4. The number of carbonyl (C=O) groups is 3. The van der Waals surface area contributed by atoms with Crippen molar-refractivity contribution >= 4 is 67.8 Å². The Morgan fingerprint density at radius 2 is 1.73 bits per heavy atom. The number of anilines is 2. The van der Waals surface area contributed by atoms with Crippen LogP contribution in [0, 0.1) is 5.92 Å². The van der Waals surface area contributed by atoms with E-state index in [1.807, 2.05) is 18.2 Å². The van der Waals surface area contributed by atoms with Crippen LogP contribution in [0.3, 0.4) is 0 Å². The Kier molecular flexibility index (Phi) is 14.3. The van der Waals surface area contributed by atoms with Gasteiger partial charge in [-0.1, -0.05) is 56.4 Å². The number of urea groups is 1. The van der Waals surface area contributed by atoms with Crippen LogP contribution in [0.15, 0.2) is 53.3 Å². The molecule has 1 unspecified atom stereocenters. The van der Waals surface area contributed by atoms with E-state index in [0.717, 1.165) is 50.8 Å². The van der Waals surface area contributed by atoms with E-state index < -0.39 is 47.2 Å². The fourth-order valence-corrected chi connectivity index (χ4v) is 7.46. The summed E-state index contributed by atoms with van der Waals surface area (Å²) >= 11 is 2.08. The number of para-hydroxylation sites is 1. The van der Waals surface area contributed by atoms with Gasteiger partial charge in [0.15, 0.2) is 0 Å². The first-order valence-electron chi connectivity index (χ1n) is 17.9. The second kappa shape index (κ2) is 18.8. The quantitative estimate of drug-likeness (QED) is 0.0539. The van der Waals surface area contributed by atoms with Crippen LogP contribution < -0.4 is 37.4 Å². The van der Waals surface area contributed by atoms with Crippen molar-refractivity contribution in [1.29, 1.82) is 0 Å². The van der Waals surface area contributed by atoms with Gasteiger partial charge in [-0.05, 0) is 68.3 Å². The number of rotatable bonds is 16. The largest absolute Gasteiger partial charge is 0.417 e. The second-order valence-corrected chi connectivity index (χ2v) is 14.2. The Hall–Kier alpha value is -3.80. The lowest BCUT2D eigenvalue weighted by Crippen LogP contribution is -2.55. The predicted octanol–water partition coefficient (Wildman–Crippen LogP) is 5.94. The van der Waals surface area contributed by atoms with E-state index in [1.54, 1.807) is 5.27 Å². The first kappa shape index (κ1) is 39.4. The first-order chi connectivity index (χ1) is 25.0. The Morgan fingerprint density at radius 3 is 2.50 bits per heavy atom. The third-order valence-corrected chi connectivity index (χ3v) is 10.3. The number of alkyl halides is 3.